The second-order valence-corrected chi connectivity index (χ2v) is 8.48. The molecule has 2 aromatic rings. The van der Waals surface area contributed by atoms with Crippen molar-refractivity contribution in [1.82, 2.24) is 19.6 Å². The van der Waals surface area contributed by atoms with E-state index in [1.54, 1.807) is 27.0 Å². The summed E-state index contributed by atoms with van der Waals surface area (Å²) in [6, 6.07) is 0. The highest BCUT2D eigenvalue weighted by atomic mass is 31.2. The van der Waals surface area contributed by atoms with Crippen molar-refractivity contribution in [1.29, 1.82) is 0 Å². The molecule has 2 aliphatic rings. The molecule has 0 radical (unpaired) electrons. The fraction of sp³-hybridized carbons (Fsp3) is 0.643. The van der Waals surface area contributed by atoms with E-state index in [-0.39, 0.29) is 18.5 Å². The van der Waals surface area contributed by atoms with E-state index in [2.05, 4.69) is 15.1 Å². The Hall–Kier alpha value is -1.62. The van der Waals surface area contributed by atoms with Gasteiger partial charge in [0.05, 0.1) is 30.1 Å². The quantitative estimate of drug-likeness (QED) is 0.728. The summed E-state index contributed by atoms with van der Waals surface area (Å²) in [5, 5.41) is 4.17. The van der Waals surface area contributed by atoms with E-state index in [4.69, 9.17) is 29.8 Å². The maximum atomic E-state index is 12.7. The van der Waals surface area contributed by atoms with Crippen LogP contribution in [0.2, 0.25) is 0 Å². The maximum absolute atomic E-state index is 12.7. The predicted molar refractivity (Wildman–Crippen MR) is 90.1 cm³/mol. The minimum absolute atomic E-state index is 0.0474. The highest BCUT2D eigenvalue weighted by Gasteiger charge is 2.59. The van der Waals surface area contributed by atoms with Crippen LogP contribution in [0.4, 0.5) is 5.82 Å². The van der Waals surface area contributed by atoms with Gasteiger partial charge in [0, 0.05) is 0 Å². The number of nitrogens with two attached hydrogens (primary N) is 2. The number of hydrogen-bond donors (Lipinski definition) is 2. The number of rotatable bonds is 3. The van der Waals surface area contributed by atoms with E-state index in [0.29, 0.717) is 11.3 Å². The number of hydrogen-bond acceptors (Lipinski definition) is 10. The molecule has 2 aliphatic heterocycles. The molecule has 2 fully saturated rings. The van der Waals surface area contributed by atoms with E-state index >= 15 is 0 Å². The standard InChI is InChI=1S/C14H21N6O5P/c1-7(2)24-26(21)22-5-9-11(25-26)14(3,16)10(23-9)8-4-17-13-12(15)18-6-19-20(8)13/h4,6-7,9-11H,5,16H2,1-3H3,(H2,15,18,19)/t9-,10+,11-,14+,26+/m1/s1. The molecule has 4 N–H and O–H groups in total. The molecule has 12 heteroatoms. The zero-order valence-corrected chi connectivity index (χ0v) is 15.5. The Kier molecular flexibility index (Phi) is 4.07. The second kappa shape index (κ2) is 5.95. The topological polar surface area (TPSA) is 149 Å². The molecule has 142 valence electrons. The van der Waals surface area contributed by atoms with E-state index in [9.17, 15) is 4.57 Å². The number of imidazole rings is 1. The summed E-state index contributed by atoms with van der Waals surface area (Å²) in [6.45, 7) is 5.30. The van der Waals surface area contributed by atoms with E-state index in [1.165, 1.54) is 10.8 Å². The minimum Gasteiger partial charge on any atom is -0.381 e. The Balaban J connectivity index is 1.68. The van der Waals surface area contributed by atoms with Crippen LogP contribution in [0.3, 0.4) is 0 Å². The first-order valence-electron chi connectivity index (χ1n) is 8.21. The molecule has 0 bridgehead atoms. The Bertz CT molecular complexity index is 886. The van der Waals surface area contributed by atoms with Gasteiger partial charge in [0.1, 0.15) is 24.6 Å². The van der Waals surface area contributed by atoms with Gasteiger partial charge in [0.15, 0.2) is 11.5 Å². The van der Waals surface area contributed by atoms with Crippen molar-refractivity contribution in [3.05, 3.63) is 18.2 Å². The molecule has 0 unspecified atom stereocenters. The third-order valence-electron chi connectivity index (χ3n) is 4.43. The summed E-state index contributed by atoms with van der Waals surface area (Å²) in [5.74, 6) is 0.245. The molecule has 4 rings (SSSR count). The summed E-state index contributed by atoms with van der Waals surface area (Å²) in [4.78, 5) is 8.16. The first kappa shape index (κ1) is 17.8. The van der Waals surface area contributed by atoms with Crippen molar-refractivity contribution in [2.45, 2.75) is 50.7 Å². The molecule has 5 atom stereocenters. The van der Waals surface area contributed by atoms with Crippen molar-refractivity contribution in [3.63, 3.8) is 0 Å². The summed E-state index contributed by atoms with van der Waals surface area (Å²) < 4.78 is 36.6. The highest BCUT2D eigenvalue weighted by Crippen LogP contribution is 2.59. The lowest BCUT2D eigenvalue weighted by Gasteiger charge is -2.36. The molecule has 0 amide bonds. The summed E-state index contributed by atoms with van der Waals surface area (Å²) in [5.41, 5.74) is 12.4. The van der Waals surface area contributed by atoms with Crippen LogP contribution < -0.4 is 11.5 Å². The monoisotopic (exact) mass is 384 g/mol. The molecule has 11 nitrogen and oxygen atoms in total. The molecule has 2 saturated heterocycles. The molecule has 0 saturated carbocycles. The highest BCUT2D eigenvalue weighted by molar-refractivity contribution is 7.48. The van der Waals surface area contributed by atoms with E-state index < -0.39 is 31.7 Å². The first-order chi connectivity index (χ1) is 12.2. The van der Waals surface area contributed by atoms with Gasteiger partial charge >= 0.3 is 7.82 Å². The van der Waals surface area contributed by atoms with Crippen LogP contribution in [-0.2, 0) is 22.9 Å². The molecular weight excluding hydrogens is 363 g/mol. The third-order valence-corrected chi connectivity index (χ3v) is 6.06. The first-order valence-corrected chi connectivity index (χ1v) is 9.67. The van der Waals surface area contributed by atoms with E-state index in [1.807, 2.05) is 0 Å². The molecular formula is C14H21N6O5P. The Morgan fingerprint density at radius 2 is 2.23 bits per heavy atom. The van der Waals surface area contributed by atoms with Gasteiger partial charge in [-0.3, -0.25) is 13.6 Å². The largest absolute Gasteiger partial charge is 0.475 e. The number of ether oxygens (including phenoxy) is 1. The predicted octanol–water partition coefficient (Wildman–Crippen LogP) is 0.812. The van der Waals surface area contributed by atoms with Gasteiger partial charge in [-0.05, 0) is 20.8 Å². The van der Waals surface area contributed by atoms with E-state index in [0.717, 1.165) is 0 Å². The molecule has 0 spiro atoms. The Labute approximate surface area is 149 Å². The Morgan fingerprint density at radius 3 is 2.96 bits per heavy atom. The maximum Gasteiger partial charge on any atom is 0.475 e. The normalized spacial score (nSPS) is 37.3. The van der Waals surface area contributed by atoms with Crippen LogP contribution in [0.1, 0.15) is 32.6 Å². The number of aromatic nitrogens is 4. The van der Waals surface area contributed by atoms with Gasteiger partial charge in [-0.15, -0.1) is 0 Å². The van der Waals surface area contributed by atoms with Crippen LogP contribution in [-0.4, -0.2) is 50.0 Å². The van der Waals surface area contributed by atoms with Crippen molar-refractivity contribution < 1.29 is 22.9 Å². The zero-order chi connectivity index (χ0) is 18.7. The van der Waals surface area contributed by atoms with Crippen LogP contribution in [0.5, 0.6) is 0 Å². The molecule has 2 aromatic heterocycles. The fourth-order valence-electron chi connectivity index (χ4n) is 3.32. The average Bonchev–Trinajstić information content (AvgIpc) is 3.07. The number of anilines is 1. The lowest BCUT2D eigenvalue weighted by molar-refractivity contribution is -0.0636. The molecule has 4 heterocycles. The fourth-order valence-corrected chi connectivity index (χ4v) is 4.98. The lowest BCUT2D eigenvalue weighted by Crippen LogP contribution is -2.53. The van der Waals surface area contributed by atoms with Gasteiger partial charge in [0.25, 0.3) is 0 Å². The summed E-state index contributed by atoms with van der Waals surface area (Å²) in [7, 11) is -3.71. The van der Waals surface area contributed by atoms with Crippen LogP contribution in [0.15, 0.2) is 12.5 Å². The zero-order valence-electron chi connectivity index (χ0n) is 14.6. The lowest BCUT2D eigenvalue weighted by atomic mass is 9.88. The second-order valence-electron chi connectivity index (χ2n) is 6.91. The smallest absolute Gasteiger partial charge is 0.381 e. The van der Waals surface area contributed by atoms with Gasteiger partial charge in [-0.2, -0.15) is 5.10 Å². The van der Waals surface area contributed by atoms with Crippen molar-refractivity contribution in [2.75, 3.05) is 12.3 Å². The van der Waals surface area contributed by atoms with Crippen molar-refractivity contribution >= 4 is 19.3 Å². The number of fused-ring (bicyclic) bond motifs is 2. The summed E-state index contributed by atoms with van der Waals surface area (Å²) in [6.07, 6.45) is 0.772. The number of nitrogen functional groups attached to an aromatic ring is 1. The van der Waals surface area contributed by atoms with Crippen LogP contribution in [0.25, 0.3) is 5.65 Å². The molecule has 0 aliphatic carbocycles. The van der Waals surface area contributed by atoms with Gasteiger partial charge < -0.3 is 16.2 Å². The molecule has 26 heavy (non-hydrogen) atoms. The third kappa shape index (κ3) is 2.72. The number of phosphoric ester groups is 1. The van der Waals surface area contributed by atoms with Crippen LogP contribution >= 0.6 is 7.82 Å². The minimum atomic E-state index is -3.71. The van der Waals surface area contributed by atoms with Crippen molar-refractivity contribution in [2.24, 2.45) is 5.73 Å². The van der Waals surface area contributed by atoms with Crippen LogP contribution in [0, 0.1) is 0 Å². The summed E-state index contributed by atoms with van der Waals surface area (Å²) >= 11 is 0. The average molecular weight is 384 g/mol. The van der Waals surface area contributed by atoms with Gasteiger partial charge in [0.2, 0.25) is 0 Å². The number of phosphoric acid groups is 1. The Morgan fingerprint density at radius 1 is 1.46 bits per heavy atom. The molecule has 0 aromatic carbocycles. The van der Waals surface area contributed by atoms with Crippen molar-refractivity contribution in [3.8, 4) is 0 Å². The van der Waals surface area contributed by atoms with Gasteiger partial charge in [-0.25, -0.2) is 19.0 Å². The number of nitrogens with zero attached hydrogens (tertiary/aromatic N) is 4. The SMILES string of the molecule is CC(C)O[P@]1(=O)OC[C@H]2O[C@@H](c3cnc4c(N)ncnn34)[C@](C)(N)[C@@H]2O1. The van der Waals surface area contributed by atoms with Gasteiger partial charge in [-0.1, -0.05) is 0 Å².